The summed E-state index contributed by atoms with van der Waals surface area (Å²) < 4.78 is 0. The molecule has 0 aromatic heterocycles. The van der Waals surface area contributed by atoms with Crippen molar-refractivity contribution in [2.75, 3.05) is 0 Å². The maximum Gasteiger partial charge on any atom is 0.125 e. The average molecular weight is 129 g/mol. The molecule has 0 bridgehead atoms. The molecule has 1 atom stereocenters. The molecule has 1 saturated carbocycles. The van der Waals surface area contributed by atoms with Gasteiger partial charge in [-0.1, -0.05) is 0 Å². The Morgan fingerprint density at radius 1 is 1.78 bits per heavy atom. The molecule has 1 fully saturated rings. The molecule has 3 N–H and O–H groups in total. The van der Waals surface area contributed by atoms with E-state index < -0.39 is 12.0 Å². The zero-order valence-corrected chi connectivity index (χ0v) is 5.30. The van der Waals surface area contributed by atoms with Crippen LogP contribution in [0.15, 0.2) is 0 Å². The van der Waals surface area contributed by atoms with Crippen LogP contribution in [0, 0.1) is 5.92 Å². The van der Waals surface area contributed by atoms with Gasteiger partial charge in [-0.05, 0) is 18.8 Å². The van der Waals surface area contributed by atoms with Crippen LogP contribution in [0.5, 0.6) is 0 Å². The third kappa shape index (κ3) is 2.01. The van der Waals surface area contributed by atoms with Crippen molar-refractivity contribution in [1.29, 1.82) is 0 Å². The molecule has 1 rings (SSSR count). The highest BCUT2D eigenvalue weighted by Crippen LogP contribution is 2.32. The molecule has 0 amide bonds. The Balaban J connectivity index is 2.16. The van der Waals surface area contributed by atoms with E-state index in [1.54, 1.807) is 0 Å². The zero-order valence-electron chi connectivity index (χ0n) is 5.30. The molecule has 0 saturated heterocycles. The predicted octanol–water partition coefficient (Wildman–Crippen LogP) is -1.85. The highest BCUT2D eigenvalue weighted by molar-refractivity contribution is 5.69. The standard InChI is InChI=1S/C6H11NO2/c7-5(6(8)9)3-4-1-2-4/h4-5H,1-3,7H2,(H,8,9)/t5-/m1/s1. The van der Waals surface area contributed by atoms with Crippen LogP contribution in [0.25, 0.3) is 0 Å². The van der Waals surface area contributed by atoms with Crippen LogP contribution < -0.4 is 10.8 Å². The molecule has 0 spiro atoms. The maximum atomic E-state index is 10.1. The molecular weight excluding hydrogens is 118 g/mol. The van der Waals surface area contributed by atoms with E-state index in [-0.39, 0.29) is 0 Å². The van der Waals surface area contributed by atoms with Gasteiger partial charge in [-0.25, -0.2) is 0 Å². The van der Waals surface area contributed by atoms with Gasteiger partial charge in [0.2, 0.25) is 0 Å². The number of carboxylic acids is 1. The predicted molar refractivity (Wildman–Crippen MR) is 29.0 cm³/mol. The van der Waals surface area contributed by atoms with E-state index in [2.05, 4.69) is 5.73 Å². The summed E-state index contributed by atoms with van der Waals surface area (Å²) in [5, 5.41) is 10.1. The van der Waals surface area contributed by atoms with Gasteiger partial charge in [-0.2, -0.15) is 0 Å². The van der Waals surface area contributed by atoms with E-state index in [9.17, 15) is 9.90 Å². The second kappa shape index (κ2) is 2.35. The van der Waals surface area contributed by atoms with Crippen LogP contribution >= 0.6 is 0 Å². The van der Waals surface area contributed by atoms with E-state index >= 15 is 0 Å². The summed E-state index contributed by atoms with van der Waals surface area (Å²) in [5.41, 5.74) is 3.46. The second-order valence-corrected chi connectivity index (χ2v) is 2.70. The highest BCUT2D eigenvalue weighted by Gasteiger charge is 2.25. The Bertz CT molecular complexity index is 120. The van der Waals surface area contributed by atoms with Gasteiger partial charge < -0.3 is 15.6 Å². The van der Waals surface area contributed by atoms with Gasteiger partial charge in [0.1, 0.15) is 6.04 Å². The lowest BCUT2D eigenvalue weighted by Crippen LogP contribution is -2.68. The van der Waals surface area contributed by atoms with Crippen molar-refractivity contribution in [1.82, 2.24) is 0 Å². The van der Waals surface area contributed by atoms with Crippen molar-refractivity contribution in [3.8, 4) is 0 Å². The quantitative estimate of drug-likeness (QED) is 0.486. The van der Waals surface area contributed by atoms with Crippen molar-refractivity contribution in [3.05, 3.63) is 0 Å². The molecule has 3 nitrogen and oxygen atoms in total. The first-order chi connectivity index (χ1) is 4.20. The lowest BCUT2D eigenvalue weighted by molar-refractivity contribution is -0.439. The number of carbonyl (C=O) groups is 1. The van der Waals surface area contributed by atoms with Crippen molar-refractivity contribution < 1.29 is 15.6 Å². The third-order valence-electron chi connectivity index (χ3n) is 1.65. The Morgan fingerprint density at radius 3 is 2.67 bits per heavy atom. The summed E-state index contributed by atoms with van der Waals surface area (Å²) in [7, 11) is 0. The van der Waals surface area contributed by atoms with Gasteiger partial charge in [0.25, 0.3) is 0 Å². The summed E-state index contributed by atoms with van der Waals surface area (Å²) in [6, 6.07) is -0.488. The third-order valence-corrected chi connectivity index (χ3v) is 1.65. The van der Waals surface area contributed by atoms with Crippen LogP contribution in [0.1, 0.15) is 19.3 Å². The fourth-order valence-electron chi connectivity index (χ4n) is 0.852. The van der Waals surface area contributed by atoms with Gasteiger partial charge in [0.15, 0.2) is 0 Å². The number of carbonyl (C=O) groups excluding carboxylic acids is 1. The van der Waals surface area contributed by atoms with E-state index in [4.69, 9.17) is 0 Å². The molecule has 0 unspecified atom stereocenters. The minimum Gasteiger partial charge on any atom is -0.544 e. The number of quaternary nitrogens is 1. The first kappa shape index (κ1) is 6.55. The van der Waals surface area contributed by atoms with Crippen molar-refractivity contribution >= 4 is 5.97 Å². The summed E-state index contributed by atoms with van der Waals surface area (Å²) >= 11 is 0. The number of hydrogen-bond acceptors (Lipinski definition) is 2. The topological polar surface area (TPSA) is 67.8 Å². The Hall–Kier alpha value is -0.570. The lowest BCUT2D eigenvalue weighted by Gasteiger charge is -2.06. The van der Waals surface area contributed by atoms with E-state index in [1.165, 1.54) is 12.8 Å². The average Bonchev–Trinajstić information content (AvgIpc) is 2.50. The van der Waals surface area contributed by atoms with Gasteiger partial charge in [-0.15, -0.1) is 0 Å². The van der Waals surface area contributed by atoms with Crippen LogP contribution in [-0.4, -0.2) is 12.0 Å². The fourth-order valence-corrected chi connectivity index (χ4v) is 0.852. The lowest BCUT2D eigenvalue weighted by atomic mass is 10.1. The van der Waals surface area contributed by atoms with Gasteiger partial charge in [-0.3, -0.25) is 0 Å². The van der Waals surface area contributed by atoms with Crippen LogP contribution in [0.4, 0.5) is 0 Å². The minimum absolute atomic E-state index is 0.488. The Labute approximate surface area is 53.9 Å². The number of carboxylic acid groups (broad SMARTS) is 1. The summed E-state index contributed by atoms with van der Waals surface area (Å²) in [6.45, 7) is 0. The summed E-state index contributed by atoms with van der Waals surface area (Å²) in [4.78, 5) is 10.1. The molecule has 0 aromatic rings. The molecule has 9 heavy (non-hydrogen) atoms. The molecular formula is C6H11NO2. The largest absolute Gasteiger partial charge is 0.544 e. The Morgan fingerprint density at radius 2 is 2.33 bits per heavy atom. The smallest absolute Gasteiger partial charge is 0.125 e. The first-order valence-corrected chi connectivity index (χ1v) is 3.24. The van der Waals surface area contributed by atoms with E-state index in [0.717, 1.165) is 0 Å². The molecule has 1 aliphatic carbocycles. The highest BCUT2D eigenvalue weighted by atomic mass is 16.4. The van der Waals surface area contributed by atoms with E-state index in [0.29, 0.717) is 12.3 Å². The van der Waals surface area contributed by atoms with Crippen LogP contribution in [0.3, 0.4) is 0 Å². The fraction of sp³-hybridized carbons (Fsp3) is 0.833. The maximum absolute atomic E-state index is 10.1. The van der Waals surface area contributed by atoms with E-state index in [1.807, 2.05) is 0 Å². The SMILES string of the molecule is [NH3+][C@H](CC1CC1)C(=O)[O-]. The van der Waals surface area contributed by atoms with Gasteiger partial charge in [0, 0.05) is 6.42 Å². The molecule has 0 heterocycles. The number of hydrogen-bond donors (Lipinski definition) is 1. The Kier molecular flexibility index (Phi) is 1.71. The van der Waals surface area contributed by atoms with Gasteiger partial charge >= 0.3 is 0 Å². The molecule has 52 valence electrons. The van der Waals surface area contributed by atoms with Crippen molar-refractivity contribution in [2.24, 2.45) is 5.92 Å². The van der Waals surface area contributed by atoms with Crippen LogP contribution in [0.2, 0.25) is 0 Å². The van der Waals surface area contributed by atoms with Crippen molar-refractivity contribution in [2.45, 2.75) is 25.3 Å². The summed E-state index contributed by atoms with van der Waals surface area (Å²) in [6.07, 6.45) is 3.07. The van der Waals surface area contributed by atoms with Crippen LogP contribution in [-0.2, 0) is 4.79 Å². The van der Waals surface area contributed by atoms with Crippen molar-refractivity contribution in [3.63, 3.8) is 0 Å². The molecule has 0 aliphatic heterocycles. The first-order valence-electron chi connectivity index (χ1n) is 3.24. The van der Waals surface area contributed by atoms with Gasteiger partial charge in [0.05, 0.1) is 5.97 Å². The summed E-state index contributed by atoms with van der Waals surface area (Å²) in [5.74, 6) is -0.382. The normalized spacial score (nSPS) is 21.4. The molecule has 0 aromatic carbocycles. The molecule has 0 radical (unpaired) electrons. The zero-order chi connectivity index (χ0) is 6.85. The second-order valence-electron chi connectivity index (χ2n) is 2.70. The number of rotatable bonds is 3. The molecule has 3 heteroatoms. The monoisotopic (exact) mass is 129 g/mol. The molecule has 1 aliphatic rings. The number of aliphatic carboxylic acids is 1. The minimum atomic E-state index is -1.01.